The Balaban J connectivity index is 3.01. The first-order valence-corrected chi connectivity index (χ1v) is 8.42. The monoisotopic (exact) mass is 338 g/mol. The number of rotatable bonds is 10. The number of carboxylic acids is 1. The molecule has 1 heterocycles. The third kappa shape index (κ3) is 4.71. The van der Waals surface area contributed by atoms with Gasteiger partial charge in [-0.2, -0.15) is 4.31 Å². The summed E-state index contributed by atoms with van der Waals surface area (Å²) in [6.45, 7) is 0.983. The second-order valence-electron chi connectivity index (χ2n) is 4.04. The highest BCUT2D eigenvalue weighted by molar-refractivity contribution is 7.91. The van der Waals surface area contributed by atoms with Gasteiger partial charge in [0, 0.05) is 33.9 Å². The first-order chi connectivity index (χ1) is 9.95. The third-order valence-corrected chi connectivity index (χ3v) is 5.86. The van der Waals surface area contributed by atoms with E-state index in [0.29, 0.717) is 13.0 Å². The van der Waals surface area contributed by atoms with E-state index < -0.39 is 21.7 Å². The number of carbonyl (C=O) groups is 1. The summed E-state index contributed by atoms with van der Waals surface area (Å²) in [6, 6.07) is 0. The molecule has 0 aliphatic heterocycles. The SMILES string of the molecule is COCCCN(CCOC)S(=O)(=O)c1scnc1C(=O)O. The lowest BCUT2D eigenvalue weighted by Gasteiger charge is -2.21. The van der Waals surface area contributed by atoms with Crippen LogP contribution in [0.15, 0.2) is 9.72 Å². The molecule has 0 aliphatic carbocycles. The summed E-state index contributed by atoms with van der Waals surface area (Å²) >= 11 is 0.792. The maximum Gasteiger partial charge on any atom is 0.356 e. The molecule has 8 nitrogen and oxygen atoms in total. The number of methoxy groups -OCH3 is 2. The number of carboxylic acid groups (broad SMARTS) is 1. The van der Waals surface area contributed by atoms with Crippen molar-refractivity contribution in [3.63, 3.8) is 0 Å². The van der Waals surface area contributed by atoms with E-state index in [1.807, 2.05) is 0 Å². The highest BCUT2D eigenvalue weighted by atomic mass is 32.2. The Morgan fingerprint density at radius 1 is 1.33 bits per heavy atom. The van der Waals surface area contributed by atoms with Gasteiger partial charge in [-0.05, 0) is 6.42 Å². The summed E-state index contributed by atoms with van der Waals surface area (Å²) in [5, 5.41) is 9.01. The van der Waals surface area contributed by atoms with Gasteiger partial charge < -0.3 is 14.6 Å². The predicted molar refractivity (Wildman–Crippen MR) is 76.2 cm³/mol. The third-order valence-electron chi connectivity index (χ3n) is 2.61. The molecule has 0 aliphatic rings. The zero-order valence-electron chi connectivity index (χ0n) is 11.8. The fourth-order valence-corrected chi connectivity index (χ4v) is 4.35. The first kappa shape index (κ1) is 18.0. The van der Waals surface area contributed by atoms with Crippen molar-refractivity contribution < 1.29 is 27.8 Å². The van der Waals surface area contributed by atoms with Crippen LogP contribution in [0.5, 0.6) is 0 Å². The molecule has 1 N–H and O–H groups in total. The van der Waals surface area contributed by atoms with E-state index in [2.05, 4.69) is 4.98 Å². The molecular weight excluding hydrogens is 320 g/mol. The van der Waals surface area contributed by atoms with Crippen molar-refractivity contribution in [3.05, 3.63) is 11.2 Å². The molecule has 1 aromatic rings. The second-order valence-corrected chi connectivity index (χ2v) is 7.02. The molecule has 0 unspecified atom stereocenters. The standard InChI is InChI=1S/C11H18N2O6S2/c1-18-6-3-4-13(5-7-19-2)21(16,17)11-9(10(14)15)12-8-20-11/h8H,3-7H2,1-2H3,(H,14,15). The van der Waals surface area contributed by atoms with Gasteiger partial charge in [-0.1, -0.05) is 0 Å². The quantitative estimate of drug-likeness (QED) is 0.620. The number of ether oxygens (including phenoxy) is 2. The van der Waals surface area contributed by atoms with Crippen molar-refractivity contribution in [2.75, 3.05) is 40.5 Å². The van der Waals surface area contributed by atoms with E-state index in [0.717, 1.165) is 11.3 Å². The summed E-state index contributed by atoms with van der Waals surface area (Å²) in [5.74, 6) is -1.36. The molecule has 0 fully saturated rings. The lowest BCUT2D eigenvalue weighted by atomic mass is 10.4. The number of hydrogen-bond donors (Lipinski definition) is 1. The fourth-order valence-electron chi connectivity index (χ4n) is 1.61. The Bertz CT molecular complexity index is 557. The van der Waals surface area contributed by atoms with Gasteiger partial charge in [0.2, 0.25) is 0 Å². The fraction of sp³-hybridized carbons (Fsp3) is 0.636. The summed E-state index contributed by atoms with van der Waals surface area (Å²) < 4.78 is 35.8. The Hall–Kier alpha value is -1.07. The summed E-state index contributed by atoms with van der Waals surface area (Å²) in [5.41, 5.74) is 0.758. The highest BCUT2D eigenvalue weighted by Crippen LogP contribution is 2.24. The number of aromatic carboxylic acids is 1. The van der Waals surface area contributed by atoms with Crippen LogP contribution in [0.3, 0.4) is 0 Å². The van der Waals surface area contributed by atoms with Gasteiger partial charge in [0.05, 0.1) is 12.1 Å². The van der Waals surface area contributed by atoms with Crippen LogP contribution in [-0.4, -0.2) is 69.3 Å². The average molecular weight is 338 g/mol. The zero-order chi connectivity index (χ0) is 15.9. The lowest BCUT2D eigenvalue weighted by molar-refractivity contribution is 0.0687. The zero-order valence-corrected chi connectivity index (χ0v) is 13.4. The maximum absolute atomic E-state index is 12.6. The van der Waals surface area contributed by atoms with Crippen LogP contribution in [-0.2, 0) is 19.5 Å². The Labute approximate surface area is 127 Å². The van der Waals surface area contributed by atoms with Crippen LogP contribution in [0.1, 0.15) is 16.9 Å². The molecular formula is C11H18N2O6S2. The Kier molecular flexibility index (Phi) is 7.18. The minimum absolute atomic E-state index is 0.138. The molecule has 0 radical (unpaired) electrons. The molecule has 0 amide bonds. The molecule has 120 valence electrons. The summed E-state index contributed by atoms with van der Waals surface area (Å²) in [6.07, 6.45) is 0.501. The van der Waals surface area contributed by atoms with E-state index in [1.165, 1.54) is 24.0 Å². The number of aromatic nitrogens is 1. The van der Waals surface area contributed by atoms with Gasteiger partial charge in [0.15, 0.2) is 9.90 Å². The normalized spacial score (nSPS) is 12.0. The topological polar surface area (TPSA) is 106 Å². The summed E-state index contributed by atoms with van der Waals surface area (Å²) in [7, 11) is -0.918. The molecule has 0 aromatic carbocycles. The molecule has 10 heteroatoms. The van der Waals surface area contributed by atoms with E-state index in [9.17, 15) is 13.2 Å². The lowest BCUT2D eigenvalue weighted by Crippen LogP contribution is -2.35. The Morgan fingerprint density at radius 2 is 2.00 bits per heavy atom. The highest BCUT2D eigenvalue weighted by Gasteiger charge is 2.31. The minimum atomic E-state index is -3.91. The van der Waals surface area contributed by atoms with Crippen LogP contribution in [0.2, 0.25) is 0 Å². The van der Waals surface area contributed by atoms with Crippen LogP contribution >= 0.6 is 11.3 Å². The van der Waals surface area contributed by atoms with E-state index in [4.69, 9.17) is 14.6 Å². The predicted octanol–water partition coefficient (Wildman–Crippen LogP) is 0.515. The van der Waals surface area contributed by atoms with Gasteiger partial charge in [0.25, 0.3) is 10.0 Å². The van der Waals surface area contributed by atoms with Crippen LogP contribution in [0.25, 0.3) is 0 Å². The van der Waals surface area contributed by atoms with Crippen LogP contribution in [0.4, 0.5) is 0 Å². The minimum Gasteiger partial charge on any atom is -0.476 e. The van der Waals surface area contributed by atoms with E-state index in [-0.39, 0.29) is 23.9 Å². The molecule has 1 aromatic heterocycles. The number of hydrogen-bond acceptors (Lipinski definition) is 7. The summed E-state index contributed by atoms with van der Waals surface area (Å²) in [4.78, 5) is 14.6. The average Bonchev–Trinajstić information content (AvgIpc) is 2.92. The largest absolute Gasteiger partial charge is 0.476 e. The van der Waals surface area contributed by atoms with E-state index >= 15 is 0 Å². The maximum atomic E-state index is 12.6. The van der Waals surface area contributed by atoms with Crippen LogP contribution < -0.4 is 0 Å². The molecule has 0 spiro atoms. The van der Waals surface area contributed by atoms with Crippen molar-refractivity contribution in [3.8, 4) is 0 Å². The van der Waals surface area contributed by atoms with Crippen molar-refractivity contribution in [2.24, 2.45) is 0 Å². The smallest absolute Gasteiger partial charge is 0.356 e. The molecule has 0 atom stereocenters. The van der Waals surface area contributed by atoms with Crippen molar-refractivity contribution in [1.82, 2.24) is 9.29 Å². The second kappa shape index (κ2) is 8.39. The van der Waals surface area contributed by atoms with Crippen LogP contribution in [0, 0.1) is 0 Å². The van der Waals surface area contributed by atoms with Gasteiger partial charge in [-0.15, -0.1) is 11.3 Å². The molecule has 0 bridgehead atoms. The molecule has 0 saturated heterocycles. The van der Waals surface area contributed by atoms with Gasteiger partial charge in [-0.3, -0.25) is 0 Å². The first-order valence-electron chi connectivity index (χ1n) is 6.10. The number of sulfonamides is 1. The van der Waals surface area contributed by atoms with E-state index in [1.54, 1.807) is 0 Å². The van der Waals surface area contributed by atoms with Crippen molar-refractivity contribution in [2.45, 2.75) is 10.6 Å². The van der Waals surface area contributed by atoms with Crippen molar-refractivity contribution >= 4 is 27.3 Å². The van der Waals surface area contributed by atoms with Crippen molar-refractivity contribution in [1.29, 1.82) is 0 Å². The molecule has 1 rings (SSSR count). The van der Waals surface area contributed by atoms with Gasteiger partial charge in [0.1, 0.15) is 0 Å². The van der Waals surface area contributed by atoms with Gasteiger partial charge >= 0.3 is 5.97 Å². The number of nitrogens with zero attached hydrogens (tertiary/aromatic N) is 2. The molecule has 0 saturated carbocycles. The number of thiazole rings is 1. The Morgan fingerprint density at radius 3 is 2.57 bits per heavy atom. The van der Waals surface area contributed by atoms with Gasteiger partial charge in [-0.25, -0.2) is 18.2 Å². The molecule has 21 heavy (non-hydrogen) atoms.